The Kier molecular flexibility index (Phi) is 3.97. The summed E-state index contributed by atoms with van der Waals surface area (Å²) in [5.41, 5.74) is 5.03. The fraction of sp³-hybridized carbons (Fsp3) is 0.400. The van der Waals surface area contributed by atoms with Crippen LogP contribution >= 0.6 is 11.6 Å². The molecule has 0 bridgehead atoms. The summed E-state index contributed by atoms with van der Waals surface area (Å²) in [6, 6.07) is 6.26. The van der Waals surface area contributed by atoms with Gasteiger partial charge in [0.05, 0.1) is 11.8 Å². The second-order valence-electron chi connectivity index (χ2n) is 5.06. The van der Waals surface area contributed by atoms with Crippen molar-refractivity contribution in [3.05, 3.63) is 51.3 Å². The zero-order chi connectivity index (χ0) is 14.2. The first kappa shape index (κ1) is 14.1. The van der Waals surface area contributed by atoms with Gasteiger partial charge in [0.2, 0.25) is 0 Å². The molecule has 0 aliphatic rings. The first-order chi connectivity index (χ1) is 8.90. The highest BCUT2D eigenvalue weighted by atomic mass is 35.5. The highest BCUT2D eigenvalue weighted by Crippen LogP contribution is 2.29. The van der Waals surface area contributed by atoms with Crippen LogP contribution in [0.4, 0.5) is 0 Å². The number of aliphatic hydroxyl groups excluding tert-OH is 1. The van der Waals surface area contributed by atoms with E-state index in [1.807, 2.05) is 6.92 Å². The van der Waals surface area contributed by atoms with Crippen LogP contribution in [0.5, 0.6) is 0 Å². The molecule has 0 aliphatic heterocycles. The highest BCUT2D eigenvalue weighted by molar-refractivity contribution is 6.30. The summed E-state index contributed by atoms with van der Waals surface area (Å²) in [5.74, 6) is 0. The lowest BCUT2D eigenvalue weighted by atomic mass is 9.97. The van der Waals surface area contributed by atoms with E-state index in [-0.39, 0.29) is 0 Å². The summed E-state index contributed by atoms with van der Waals surface area (Å²) in [5, 5.41) is 15.2. The van der Waals surface area contributed by atoms with Crippen molar-refractivity contribution in [1.29, 1.82) is 0 Å². The van der Waals surface area contributed by atoms with Crippen molar-refractivity contribution >= 4 is 11.6 Å². The fourth-order valence-corrected chi connectivity index (χ4v) is 2.66. The Morgan fingerprint density at radius 1 is 1.32 bits per heavy atom. The number of hydrogen-bond acceptors (Lipinski definition) is 2. The van der Waals surface area contributed by atoms with Crippen LogP contribution in [-0.4, -0.2) is 14.9 Å². The average Bonchev–Trinajstić information content (AvgIpc) is 2.58. The van der Waals surface area contributed by atoms with Gasteiger partial charge < -0.3 is 5.11 Å². The molecule has 0 radical (unpaired) electrons. The smallest absolute Gasteiger partial charge is 0.132 e. The Morgan fingerprint density at radius 2 is 2.00 bits per heavy atom. The molecule has 1 unspecified atom stereocenters. The van der Waals surface area contributed by atoms with E-state index in [9.17, 15) is 5.11 Å². The average molecular weight is 279 g/mol. The molecule has 0 aliphatic carbocycles. The molecule has 19 heavy (non-hydrogen) atoms. The quantitative estimate of drug-likeness (QED) is 0.936. The number of rotatable bonds is 3. The largest absolute Gasteiger partial charge is 0.388 e. The topological polar surface area (TPSA) is 38.1 Å². The summed E-state index contributed by atoms with van der Waals surface area (Å²) in [4.78, 5) is 0. The maximum absolute atomic E-state index is 10.4. The number of aryl methyl sites for hydroxylation is 4. The third-order valence-corrected chi connectivity index (χ3v) is 3.90. The molecule has 2 rings (SSSR count). The van der Waals surface area contributed by atoms with Crippen LogP contribution < -0.4 is 0 Å². The molecule has 1 aromatic carbocycles. The fourth-order valence-electron chi connectivity index (χ4n) is 2.36. The van der Waals surface area contributed by atoms with E-state index >= 15 is 0 Å². The van der Waals surface area contributed by atoms with Gasteiger partial charge in [-0.05, 0) is 31.9 Å². The van der Waals surface area contributed by atoms with Gasteiger partial charge in [0.15, 0.2) is 0 Å². The normalized spacial score (nSPS) is 12.7. The summed E-state index contributed by atoms with van der Waals surface area (Å²) < 4.78 is 1.60. The van der Waals surface area contributed by atoms with Crippen molar-refractivity contribution in [3.63, 3.8) is 0 Å². The molecule has 3 nitrogen and oxygen atoms in total. The maximum atomic E-state index is 10.4. The molecular formula is C15H19ClN2O. The number of aliphatic hydroxyl groups is 1. The van der Waals surface area contributed by atoms with E-state index in [1.165, 1.54) is 11.1 Å². The van der Waals surface area contributed by atoms with Gasteiger partial charge >= 0.3 is 0 Å². The standard InChI is InChI=1S/C15H19ClN2O/c1-9-5-6-10(2)12(7-9)8-13(19)14-11(3)17-18(4)15(14)16/h5-7,13,19H,8H2,1-4H3. The van der Waals surface area contributed by atoms with Crippen LogP contribution in [0, 0.1) is 20.8 Å². The molecule has 0 fully saturated rings. The number of aromatic nitrogens is 2. The summed E-state index contributed by atoms with van der Waals surface area (Å²) in [6.45, 7) is 5.98. The molecule has 102 valence electrons. The molecule has 2 aromatic rings. The van der Waals surface area contributed by atoms with Gasteiger partial charge in [-0.25, -0.2) is 0 Å². The number of halogens is 1. The number of benzene rings is 1. The summed E-state index contributed by atoms with van der Waals surface area (Å²) >= 11 is 6.19. The van der Waals surface area contributed by atoms with Crippen LogP contribution in [0.15, 0.2) is 18.2 Å². The molecule has 0 amide bonds. The molecule has 1 heterocycles. The van der Waals surface area contributed by atoms with Gasteiger partial charge in [0, 0.05) is 19.0 Å². The first-order valence-corrected chi connectivity index (χ1v) is 6.71. The second kappa shape index (κ2) is 5.35. The highest BCUT2D eigenvalue weighted by Gasteiger charge is 2.20. The zero-order valence-electron chi connectivity index (χ0n) is 11.7. The van der Waals surface area contributed by atoms with Crippen molar-refractivity contribution in [2.45, 2.75) is 33.3 Å². The Balaban J connectivity index is 2.30. The molecule has 0 saturated heterocycles. The first-order valence-electron chi connectivity index (χ1n) is 6.33. The SMILES string of the molecule is Cc1ccc(C)c(CC(O)c2c(C)nn(C)c2Cl)c1. The van der Waals surface area contributed by atoms with Gasteiger partial charge in [-0.15, -0.1) is 0 Å². The minimum atomic E-state index is -0.623. The molecule has 1 aromatic heterocycles. The molecule has 1 N–H and O–H groups in total. The third kappa shape index (κ3) is 2.82. The molecule has 0 saturated carbocycles. The van der Waals surface area contributed by atoms with E-state index in [0.717, 1.165) is 16.8 Å². The van der Waals surface area contributed by atoms with Crippen LogP contribution in [-0.2, 0) is 13.5 Å². The number of hydrogen-bond donors (Lipinski definition) is 1. The molecule has 0 spiro atoms. The van der Waals surface area contributed by atoms with Gasteiger partial charge in [-0.3, -0.25) is 4.68 Å². The van der Waals surface area contributed by atoms with E-state index < -0.39 is 6.10 Å². The lowest BCUT2D eigenvalue weighted by molar-refractivity contribution is 0.177. The lowest BCUT2D eigenvalue weighted by Gasteiger charge is -2.13. The summed E-state index contributed by atoms with van der Waals surface area (Å²) in [6.07, 6.45) is -0.0681. The Bertz CT molecular complexity index is 604. The monoisotopic (exact) mass is 278 g/mol. The minimum Gasteiger partial charge on any atom is -0.388 e. The van der Waals surface area contributed by atoms with Crippen molar-refractivity contribution in [2.75, 3.05) is 0 Å². The number of nitrogens with zero attached hydrogens (tertiary/aromatic N) is 2. The van der Waals surface area contributed by atoms with E-state index in [2.05, 4.69) is 37.1 Å². The molecule has 4 heteroatoms. The van der Waals surface area contributed by atoms with Gasteiger partial charge in [-0.1, -0.05) is 35.4 Å². The zero-order valence-corrected chi connectivity index (χ0v) is 12.5. The molecular weight excluding hydrogens is 260 g/mol. The lowest BCUT2D eigenvalue weighted by Crippen LogP contribution is -2.05. The van der Waals surface area contributed by atoms with Crippen LogP contribution in [0.2, 0.25) is 5.15 Å². The molecule has 1 atom stereocenters. The Morgan fingerprint density at radius 3 is 2.58 bits per heavy atom. The van der Waals surface area contributed by atoms with Crippen LogP contribution in [0.1, 0.15) is 34.1 Å². The van der Waals surface area contributed by atoms with Crippen molar-refractivity contribution in [1.82, 2.24) is 9.78 Å². The van der Waals surface area contributed by atoms with Gasteiger partial charge in [-0.2, -0.15) is 5.10 Å². The second-order valence-corrected chi connectivity index (χ2v) is 5.42. The van der Waals surface area contributed by atoms with Crippen molar-refractivity contribution < 1.29 is 5.11 Å². The van der Waals surface area contributed by atoms with E-state index in [0.29, 0.717) is 11.6 Å². The third-order valence-electron chi connectivity index (χ3n) is 3.45. The Hall–Kier alpha value is -1.32. The van der Waals surface area contributed by atoms with Gasteiger partial charge in [0.25, 0.3) is 0 Å². The minimum absolute atomic E-state index is 0.510. The van der Waals surface area contributed by atoms with Gasteiger partial charge in [0.1, 0.15) is 5.15 Å². The van der Waals surface area contributed by atoms with Crippen LogP contribution in [0.3, 0.4) is 0 Å². The van der Waals surface area contributed by atoms with E-state index in [4.69, 9.17) is 11.6 Å². The predicted octanol–water partition coefficient (Wildman–Crippen LogP) is 3.27. The summed E-state index contributed by atoms with van der Waals surface area (Å²) in [7, 11) is 1.78. The van der Waals surface area contributed by atoms with Crippen molar-refractivity contribution in [2.24, 2.45) is 7.05 Å². The predicted molar refractivity (Wildman–Crippen MR) is 77.5 cm³/mol. The maximum Gasteiger partial charge on any atom is 0.132 e. The van der Waals surface area contributed by atoms with Crippen LogP contribution in [0.25, 0.3) is 0 Å². The van der Waals surface area contributed by atoms with E-state index in [1.54, 1.807) is 11.7 Å². The Labute approximate surface area is 118 Å². The van der Waals surface area contributed by atoms with Crippen molar-refractivity contribution in [3.8, 4) is 0 Å².